The number of rotatable bonds is 1. The van der Waals surface area contributed by atoms with E-state index >= 15 is 0 Å². The van der Waals surface area contributed by atoms with Crippen LogP contribution < -0.4 is 4.90 Å². The molecule has 0 aliphatic carbocycles. The monoisotopic (exact) mass is 316 g/mol. The first kappa shape index (κ1) is 15.3. The van der Waals surface area contributed by atoms with Crippen LogP contribution in [0.25, 0.3) is 11.0 Å². The molecule has 1 N–H and O–H groups in total. The molecule has 3 heterocycles. The standard InChI is InChI=1S/C16H20N4O3/c1-16(2,3)23-15(22)19-7-8-20(13(21)10-19)12-9-18-14-11(12)5-4-6-17-14/h4-6,9H,7-8,10H2,1-3H3,(H,17,18). The number of hydrogen-bond acceptors (Lipinski definition) is 4. The van der Waals surface area contributed by atoms with Gasteiger partial charge in [-0.15, -0.1) is 0 Å². The van der Waals surface area contributed by atoms with Gasteiger partial charge < -0.3 is 14.6 Å². The number of aromatic nitrogens is 2. The Kier molecular flexibility index (Phi) is 3.71. The number of amides is 2. The number of nitrogens with zero attached hydrogens (tertiary/aromatic N) is 3. The summed E-state index contributed by atoms with van der Waals surface area (Å²) in [6, 6.07) is 3.75. The molecule has 1 aliphatic rings. The minimum absolute atomic E-state index is 0.0157. The third-order valence-corrected chi connectivity index (χ3v) is 3.59. The van der Waals surface area contributed by atoms with Crippen molar-refractivity contribution in [3.8, 4) is 0 Å². The average molecular weight is 316 g/mol. The lowest BCUT2D eigenvalue weighted by atomic mass is 10.2. The number of ether oxygens (including phenoxy) is 1. The summed E-state index contributed by atoms with van der Waals surface area (Å²) in [4.78, 5) is 35.0. The number of pyridine rings is 1. The third-order valence-electron chi connectivity index (χ3n) is 3.59. The summed E-state index contributed by atoms with van der Waals surface area (Å²) < 4.78 is 5.32. The van der Waals surface area contributed by atoms with E-state index in [1.54, 1.807) is 17.3 Å². The SMILES string of the molecule is CC(C)(C)OC(=O)N1CCN(c2c[nH]c3ncccc23)C(=O)C1. The molecule has 3 rings (SSSR count). The summed E-state index contributed by atoms with van der Waals surface area (Å²) in [6.45, 7) is 6.31. The van der Waals surface area contributed by atoms with Crippen molar-refractivity contribution in [2.75, 3.05) is 24.5 Å². The van der Waals surface area contributed by atoms with E-state index < -0.39 is 11.7 Å². The van der Waals surface area contributed by atoms with Crippen molar-refractivity contribution in [2.24, 2.45) is 0 Å². The van der Waals surface area contributed by atoms with E-state index in [2.05, 4.69) is 9.97 Å². The first-order valence-corrected chi connectivity index (χ1v) is 7.55. The fourth-order valence-corrected chi connectivity index (χ4v) is 2.58. The van der Waals surface area contributed by atoms with E-state index in [0.29, 0.717) is 13.1 Å². The van der Waals surface area contributed by atoms with E-state index in [0.717, 1.165) is 16.7 Å². The molecule has 0 unspecified atom stereocenters. The van der Waals surface area contributed by atoms with Crippen LogP contribution in [0.15, 0.2) is 24.5 Å². The highest BCUT2D eigenvalue weighted by atomic mass is 16.6. The molecule has 0 saturated carbocycles. The predicted octanol–water partition coefficient (Wildman–Crippen LogP) is 2.15. The minimum atomic E-state index is -0.570. The molecule has 7 heteroatoms. The Hall–Kier alpha value is -2.57. The topological polar surface area (TPSA) is 78.5 Å². The largest absolute Gasteiger partial charge is 0.444 e. The summed E-state index contributed by atoms with van der Waals surface area (Å²) in [5, 5.41) is 0.895. The van der Waals surface area contributed by atoms with Crippen LogP contribution in [0.3, 0.4) is 0 Å². The van der Waals surface area contributed by atoms with Crippen molar-refractivity contribution in [1.82, 2.24) is 14.9 Å². The molecule has 7 nitrogen and oxygen atoms in total. The van der Waals surface area contributed by atoms with Crippen molar-refractivity contribution in [1.29, 1.82) is 0 Å². The van der Waals surface area contributed by atoms with E-state index in [1.165, 1.54) is 4.90 Å². The lowest BCUT2D eigenvalue weighted by Crippen LogP contribution is -2.53. The van der Waals surface area contributed by atoms with E-state index in [9.17, 15) is 9.59 Å². The zero-order valence-corrected chi connectivity index (χ0v) is 13.5. The number of H-pyrrole nitrogens is 1. The zero-order chi connectivity index (χ0) is 16.6. The molecule has 1 fully saturated rings. The molecule has 0 aromatic carbocycles. The van der Waals surface area contributed by atoms with Crippen LogP contribution in [-0.2, 0) is 9.53 Å². The molecule has 2 amide bonds. The number of hydrogen-bond donors (Lipinski definition) is 1. The van der Waals surface area contributed by atoms with Crippen molar-refractivity contribution in [3.05, 3.63) is 24.5 Å². The summed E-state index contributed by atoms with van der Waals surface area (Å²) in [6.07, 6.45) is 3.02. The number of nitrogens with one attached hydrogen (secondary N) is 1. The zero-order valence-electron chi connectivity index (χ0n) is 13.5. The molecule has 23 heavy (non-hydrogen) atoms. The van der Waals surface area contributed by atoms with Crippen LogP contribution in [0.1, 0.15) is 20.8 Å². The third kappa shape index (κ3) is 3.13. The summed E-state index contributed by atoms with van der Waals surface area (Å²) >= 11 is 0. The fraction of sp³-hybridized carbons (Fsp3) is 0.438. The molecule has 1 aliphatic heterocycles. The summed E-state index contributed by atoms with van der Waals surface area (Å²) in [7, 11) is 0. The minimum Gasteiger partial charge on any atom is -0.444 e. The van der Waals surface area contributed by atoms with Gasteiger partial charge in [0.2, 0.25) is 5.91 Å². The smallest absolute Gasteiger partial charge is 0.410 e. The Morgan fingerprint density at radius 2 is 2.13 bits per heavy atom. The van der Waals surface area contributed by atoms with Gasteiger partial charge in [-0.2, -0.15) is 0 Å². The van der Waals surface area contributed by atoms with Crippen LogP contribution in [0, 0.1) is 0 Å². The Morgan fingerprint density at radius 1 is 1.35 bits per heavy atom. The number of carbonyl (C=O) groups excluding carboxylic acids is 2. The van der Waals surface area contributed by atoms with Gasteiger partial charge in [-0.1, -0.05) is 0 Å². The second kappa shape index (κ2) is 5.57. The van der Waals surface area contributed by atoms with Gasteiger partial charge in [0.15, 0.2) is 0 Å². The average Bonchev–Trinajstić information content (AvgIpc) is 2.89. The number of piperazine rings is 1. The van der Waals surface area contributed by atoms with E-state index in [1.807, 2.05) is 32.9 Å². The maximum atomic E-state index is 12.5. The van der Waals surface area contributed by atoms with Gasteiger partial charge in [0, 0.05) is 30.9 Å². The van der Waals surface area contributed by atoms with Crippen molar-refractivity contribution < 1.29 is 14.3 Å². The molecule has 0 atom stereocenters. The molecule has 1 saturated heterocycles. The highest BCUT2D eigenvalue weighted by molar-refractivity contribution is 6.04. The van der Waals surface area contributed by atoms with Crippen LogP contribution >= 0.6 is 0 Å². The van der Waals surface area contributed by atoms with Crippen LogP contribution in [0.4, 0.5) is 10.5 Å². The summed E-state index contributed by atoms with van der Waals surface area (Å²) in [5.74, 6) is -0.133. The van der Waals surface area contributed by atoms with Gasteiger partial charge in [-0.3, -0.25) is 9.69 Å². The van der Waals surface area contributed by atoms with Gasteiger partial charge in [0.25, 0.3) is 0 Å². The van der Waals surface area contributed by atoms with Gasteiger partial charge in [-0.25, -0.2) is 9.78 Å². The highest BCUT2D eigenvalue weighted by Crippen LogP contribution is 2.26. The molecule has 2 aromatic rings. The molecular formula is C16H20N4O3. The first-order valence-electron chi connectivity index (χ1n) is 7.55. The van der Waals surface area contributed by atoms with Crippen LogP contribution in [-0.4, -0.2) is 52.1 Å². The van der Waals surface area contributed by atoms with Crippen molar-refractivity contribution >= 4 is 28.7 Å². The Morgan fingerprint density at radius 3 is 2.83 bits per heavy atom. The van der Waals surface area contributed by atoms with Crippen molar-refractivity contribution in [2.45, 2.75) is 26.4 Å². The number of aromatic amines is 1. The molecule has 0 bridgehead atoms. The van der Waals surface area contributed by atoms with Crippen molar-refractivity contribution in [3.63, 3.8) is 0 Å². The lowest BCUT2D eigenvalue weighted by molar-refractivity contribution is -0.121. The number of anilines is 1. The van der Waals surface area contributed by atoms with Gasteiger partial charge in [0.05, 0.1) is 5.69 Å². The van der Waals surface area contributed by atoms with Crippen LogP contribution in [0.5, 0.6) is 0 Å². The van der Waals surface area contributed by atoms with E-state index in [4.69, 9.17) is 4.74 Å². The second-order valence-electron chi connectivity index (χ2n) is 6.52. The predicted molar refractivity (Wildman–Crippen MR) is 86.3 cm³/mol. The number of fused-ring (bicyclic) bond motifs is 1. The van der Waals surface area contributed by atoms with E-state index in [-0.39, 0.29) is 12.5 Å². The van der Waals surface area contributed by atoms with Crippen LogP contribution in [0.2, 0.25) is 0 Å². The Balaban J connectivity index is 1.74. The second-order valence-corrected chi connectivity index (χ2v) is 6.52. The first-order chi connectivity index (χ1) is 10.8. The normalized spacial score (nSPS) is 16.0. The van der Waals surface area contributed by atoms with Gasteiger partial charge >= 0.3 is 6.09 Å². The lowest BCUT2D eigenvalue weighted by Gasteiger charge is -2.34. The summed E-state index contributed by atoms with van der Waals surface area (Å²) in [5.41, 5.74) is 0.964. The van der Waals surface area contributed by atoms with Gasteiger partial charge in [0.1, 0.15) is 17.8 Å². The Bertz CT molecular complexity index is 747. The molecular weight excluding hydrogens is 296 g/mol. The maximum Gasteiger partial charge on any atom is 0.410 e. The maximum absolute atomic E-state index is 12.5. The van der Waals surface area contributed by atoms with Gasteiger partial charge in [-0.05, 0) is 32.9 Å². The molecule has 0 spiro atoms. The molecule has 122 valence electrons. The fourth-order valence-electron chi connectivity index (χ4n) is 2.58. The number of carbonyl (C=O) groups is 2. The molecule has 0 radical (unpaired) electrons. The molecule has 2 aromatic heterocycles. The highest BCUT2D eigenvalue weighted by Gasteiger charge is 2.31. The Labute approximate surface area is 134 Å². The quantitative estimate of drug-likeness (QED) is 0.874.